The van der Waals surface area contributed by atoms with Crippen LogP contribution in [0.25, 0.3) is 5.52 Å². The lowest BCUT2D eigenvalue weighted by atomic mass is 9.77. The van der Waals surface area contributed by atoms with E-state index in [0.717, 1.165) is 11.4 Å². The Morgan fingerprint density at radius 3 is 2.29 bits per heavy atom. The van der Waals surface area contributed by atoms with Crippen molar-refractivity contribution in [2.24, 2.45) is 10.8 Å². The van der Waals surface area contributed by atoms with E-state index in [1.165, 1.54) is 0 Å². The van der Waals surface area contributed by atoms with Crippen LogP contribution in [0.15, 0.2) is 60.8 Å². The van der Waals surface area contributed by atoms with Gasteiger partial charge in [0.15, 0.2) is 5.78 Å². The van der Waals surface area contributed by atoms with E-state index < -0.39 is 16.8 Å². The number of halogens is 1. The monoisotopic (exact) mass is 574 g/mol. The minimum atomic E-state index is -1.21. The van der Waals surface area contributed by atoms with Crippen LogP contribution in [0.3, 0.4) is 0 Å². The number of carbonyl (C=O) groups is 3. The highest BCUT2D eigenvalue weighted by Crippen LogP contribution is 2.38. The van der Waals surface area contributed by atoms with Crippen molar-refractivity contribution in [1.29, 1.82) is 0 Å². The molecule has 0 aliphatic heterocycles. The predicted octanol–water partition coefficient (Wildman–Crippen LogP) is 7.38. The Labute approximate surface area is 245 Å². The van der Waals surface area contributed by atoms with Crippen molar-refractivity contribution in [2.75, 3.05) is 0 Å². The summed E-state index contributed by atoms with van der Waals surface area (Å²) in [7, 11) is 0. The molecule has 1 aromatic carbocycles. The molecule has 214 valence electrons. The normalized spacial score (nSPS) is 13.1. The van der Waals surface area contributed by atoms with Gasteiger partial charge in [-0.25, -0.2) is 0 Å². The molecule has 0 aliphatic carbocycles. The van der Waals surface area contributed by atoms with Gasteiger partial charge in [0.2, 0.25) is 5.78 Å². The molecule has 3 aromatic heterocycles. The van der Waals surface area contributed by atoms with E-state index in [1.807, 2.05) is 45.9 Å². The smallest absolute Gasteiger partial charge is 0.309 e. The number of benzene rings is 1. The quantitative estimate of drug-likeness (QED) is 0.198. The Kier molecular flexibility index (Phi) is 8.41. The number of aliphatic carboxylic acids is 1. The average molecular weight is 575 g/mol. The summed E-state index contributed by atoms with van der Waals surface area (Å²) in [5.41, 5.74) is 1.48. The van der Waals surface area contributed by atoms with Crippen molar-refractivity contribution in [3.63, 3.8) is 0 Å². The Hall–Kier alpha value is -3.97. The minimum Gasteiger partial charge on any atom is -0.487 e. The fraction of sp³-hybridized carbons (Fsp3) is 0.333. The fourth-order valence-corrected chi connectivity index (χ4v) is 4.87. The van der Waals surface area contributed by atoms with E-state index in [4.69, 9.17) is 16.3 Å². The number of Topliss-reactive ketones (excluding diaryl/α,β-unsaturated/α-hetero) is 1. The molecule has 41 heavy (non-hydrogen) atoms. The number of ketones is 2. The molecule has 4 aromatic rings. The van der Waals surface area contributed by atoms with E-state index in [2.05, 4.69) is 4.98 Å². The average Bonchev–Trinajstić information content (AvgIpc) is 3.23. The van der Waals surface area contributed by atoms with Crippen LogP contribution in [0, 0.1) is 17.8 Å². The third-order valence-corrected chi connectivity index (χ3v) is 7.69. The number of pyridine rings is 2. The van der Waals surface area contributed by atoms with Crippen molar-refractivity contribution in [3.8, 4) is 5.75 Å². The summed E-state index contributed by atoms with van der Waals surface area (Å²) in [4.78, 5) is 45.0. The van der Waals surface area contributed by atoms with Crippen LogP contribution in [-0.4, -0.2) is 32.0 Å². The molecule has 0 fully saturated rings. The van der Waals surface area contributed by atoms with Crippen molar-refractivity contribution in [1.82, 2.24) is 9.38 Å². The van der Waals surface area contributed by atoms with Crippen molar-refractivity contribution < 1.29 is 24.2 Å². The molecule has 8 heteroatoms. The molecule has 3 heterocycles. The van der Waals surface area contributed by atoms with E-state index in [9.17, 15) is 19.5 Å². The van der Waals surface area contributed by atoms with Crippen LogP contribution in [0.2, 0.25) is 5.02 Å². The van der Waals surface area contributed by atoms with Gasteiger partial charge in [-0.1, -0.05) is 45.4 Å². The summed E-state index contributed by atoms with van der Waals surface area (Å²) in [6.07, 6.45) is 2.00. The van der Waals surface area contributed by atoms with Crippen molar-refractivity contribution in [3.05, 3.63) is 99.6 Å². The summed E-state index contributed by atoms with van der Waals surface area (Å²) < 4.78 is 7.74. The van der Waals surface area contributed by atoms with Crippen LogP contribution in [0.4, 0.5) is 0 Å². The van der Waals surface area contributed by atoms with Gasteiger partial charge in [0.1, 0.15) is 12.4 Å². The van der Waals surface area contributed by atoms with Crippen molar-refractivity contribution >= 4 is 34.7 Å². The van der Waals surface area contributed by atoms with Crippen LogP contribution in [0.1, 0.15) is 84.4 Å². The second kappa shape index (κ2) is 11.5. The third-order valence-electron chi connectivity index (χ3n) is 7.44. The molecule has 0 bridgehead atoms. The van der Waals surface area contributed by atoms with Crippen LogP contribution in [-0.2, 0) is 17.8 Å². The van der Waals surface area contributed by atoms with Gasteiger partial charge in [-0.3, -0.25) is 19.4 Å². The number of hydrogen-bond acceptors (Lipinski definition) is 5. The van der Waals surface area contributed by atoms with Crippen LogP contribution < -0.4 is 4.74 Å². The van der Waals surface area contributed by atoms with Gasteiger partial charge >= 0.3 is 5.97 Å². The number of ether oxygens (including phenoxy) is 1. The highest BCUT2D eigenvalue weighted by molar-refractivity contribution is 6.30. The van der Waals surface area contributed by atoms with Gasteiger partial charge in [-0.15, -0.1) is 0 Å². The zero-order valence-electron chi connectivity index (χ0n) is 24.2. The maximum absolute atomic E-state index is 14.1. The second-order valence-corrected chi connectivity index (χ2v) is 12.1. The number of fused-ring (bicyclic) bond motifs is 1. The summed E-state index contributed by atoms with van der Waals surface area (Å²) in [5.74, 6) is -1.03. The molecule has 0 saturated heterocycles. The van der Waals surface area contributed by atoms with Gasteiger partial charge in [0.25, 0.3) is 0 Å². The standard InChI is InChI=1S/C33H35ClN2O5/c1-7-33(6,31(39)40)18-25-27(30(38)32(3,4)5)26-17-24(41-19-23-10-8-9-20(2)35-23)15-16-36(26)28(25)29(37)21-11-13-22(34)14-12-21/h8-17H,7,18-19H2,1-6H3,(H,39,40). The van der Waals surface area contributed by atoms with E-state index >= 15 is 0 Å². The molecule has 4 rings (SSSR count). The van der Waals surface area contributed by atoms with Gasteiger partial charge in [0, 0.05) is 39.5 Å². The Bertz CT molecular complexity index is 1630. The van der Waals surface area contributed by atoms with Crippen LogP contribution in [0.5, 0.6) is 5.75 Å². The number of rotatable bonds is 10. The summed E-state index contributed by atoms with van der Waals surface area (Å²) in [6.45, 7) is 11.0. The highest BCUT2D eigenvalue weighted by atomic mass is 35.5. The molecule has 1 N–H and O–H groups in total. The Morgan fingerprint density at radius 1 is 1.02 bits per heavy atom. The molecule has 0 aliphatic rings. The summed E-state index contributed by atoms with van der Waals surface area (Å²) >= 11 is 6.08. The Morgan fingerprint density at radius 2 is 1.71 bits per heavy atom. The maximum atomic E-state index is 14.1. The number of aromatic nitrogens is 2. The van der Waals surface area contributed by atoms with Crippen LogP contribution >= 0.6 is 11.6 Å². The predicted molar refractivity (Wildman–Crippen MR) is 159 cm³/mol. The van der Waals surface area contributed by atoms with Gasteiger partial charge in [-0.05, 0) is 74.7 Å². The first-order chi connectivity index (χ1) is 19.2. The molecule has 0 radical (unpaired) electrons. The summed E-state index contributed by atoms with van der Waals surface area (Å²) in [6, 6.07) is 15.7. The summed E-state index contributed by atoms with van der Waals surface area (Å²) in [5, 5.41) is 10.6. The first-order valence-electron chi connectivity index (χ1n) is 13.6. The van der Waals surface area contributed by atoms with E-state index in [1.54, 1.807) is 60.8 Å². The molecule has 0 amide bonds. The van der Waals surface area contributed by atoms with Crippen molar-refractivity contribution in [2.45, 2.75) is 61.0 Å². The fourth-order valence-electron chi connectivity index (χ4n) is 4.74. The third kappa shape index (κ3) is 6.20. The SMILES string of the molecule is CCC(C)(Cc1c(C(=O)C(C)(C)C)c2cc(OCc3cccc(C)n3)ccn2c1C(=O)c1ccc(Cl)cc1)C(=O)O. The zero-order valence-corrected chi connectivity index (χ0v) is 25.0. The van der Waals surface area contributed by atoms with E-state index in [-0.39, 0.29) is 30.3 Å². The largest absolute Gasteiger partial charge is 0.487 e. The molecule has 0 saturated carbocycles. The number of carboxylic acids is 1. The second-order valence-electron chi connectivity index (χ2n) is 11.7. The lowest BCUT2D eigenvalue weighted by Crippen LogP contribution is -2.31. The molecule has 1 atom stereocenters. The first kappa shape index (κ1) is 30.0. The topological polar surface area (TPSA) is 98.0 Å². The van der Waals surface area contributed by atoms with E-state index in [0.29, 0.717) is 39.4 Å². The van der Waals surface area contributed by atoms with Gasteiger partial charge < -0.3 is 14.2 Å². The maximum Gasteiger partial charge on any atom is 0.309 e. The number of hydrogen-bond donors (Lipinski definition) is 1. The lowest BCUT2D eigenvalue weighted by Gasteiger charge is -2.25. The number of aryl methyl sites for hydroxylation is 1. The number of carboxylic acid groups (broad SMARTS) is 1. The number of nitrogens with zero attached hydrogens (tertiary/aromatic N) is 2. The van der Waals surface area contributed by atoms with Gasteiger partial charge in [0.05, 0.1) is 22.3 Å². The first-order valence-corrected chi connectivity index (χ1v) is 13.9. The highest BCUT2D eigenvalue weighted by Gasteiger charge is 2.39. The molecule has 0 spiro atoms. The molecular weight excluding hydrogens is 540 g/mol. The molecule has 1 unspecified atom stereocenters. The zero-order chi connectivity index (χ0) is 30.1. The molecule has 7 nitrogen and oxygen atoms in total. The van der Waals surface area contributed by atoms with Gasteiger partial charge in [-0.2, -0.15) is 0 Å². The Balaban J connectivity index is 1.97. The number of carbonyl (C=O) groups excluding carboxylic acids is 2. The molecular formula is C33H35ClN2O5. The minimum absolute atomic E-state index is 0.00423. The lowest BCUT2D eigenvalue weighted by molar-refractivity contribution is -0.148.